The molecule has 0 spiro atoms. The average molecular weight is 696 g/mol. The van der Waals surface area contributed by atoms with Crippen LogP contribution < -0.4 is 0 Å². The quantitative estimate of drug-likeness (QED) is 0.0707. The van der Waals surface area contributed by atoms with Crippen molar-refractivity contribution in [2.45, 2.75) is 104 Å². The molecule has 3 unspecified atom stereocenters. The number of hydrogen-bond acceptors (Lipinski definition) is 7. The lowest BCUT2D eigenvalue weighted by atomic mass is 9.83. The molecule has 1 saturated heterocycles. The Labute approximate surface area is 299 Å². The number of hydrogen-bond donors (Lipinski definition) is 2. The summed E-state index contributed by atoms with van der Waals surface area (Å²) in [6.45, 7) is 5.89. The van der Waals surface area contributed by atoms with E-state index in [1.807, 2.05) is 74.6 Å². The predicted molar refractivity (Wildman–Crippen MR) is 195 cm³/mol. The van der Waals surface area contributed by atoms with Gasteiger partial charge in [0.05, 0.1) is 37.1 Å². The van der Waals surface area contributed by atoms with Crippen LogP contribution in [0, 0.1) is 23.2 Å². The van der Waals surface area contributed by atoms with Crippen molar-refractivity contribution in [2.24, 2.45) is 23.2 Å². The van der Waals surface area contributed by atoms with Crippen LogP contribution in [-0.4, -0.2) is 73.0 Å². The number of carbonyl (C=O) groups excluding carboxylic acids is 1. The summed E-state index contributed by atoms with van der Waals surface area (Å²) in [4.78, 5) is 40.0. The molecule has 2 aromatic carbocycles. The smallest absolute Gasteiger partial charge is 0.313 e. The number of carboxylic acid groups (broad SMARTS) is 2. The molecule has 1 aliphatic heterocycles. The molecule has 0 aliphatic carbocycles. The van der Waals surface area contributed by atoms with Crippen LogP contribution in [0.5, 0.6) is 0 Å². The second-order valence-corrected chi connectivity index (χ2v) is 14.5. The highest BCUT2D eigenvalue weighted by Crippen LogP contribution is 2.32. The second kappa shape index (κ2) is 23.3. The molecule has 3 atom stereocenters. The van der Waals surface area contributed by atoms with E-state index in [-0.39, 0.29) is 18.5 Å². The van der Waals surface area contributed by atoms with Crippen molar-refractivity contribution in [3.05, 3.63) is 71.8 Å². The number of rotatable bonds is 27. The first-order valence-electron chi connectivity index (χ1n) is 18.7. The summed E-state index contributed by atoms with van der Waals surface area (Å²) in [7, 11) is 1.98. The summed E-state index contributed by atoms with van der Waals surface area (Å²) < 4.78 is 17.4. The summed E-state index contributed by atoms with van der Waals surface area (Å²) in [5.74, 6) is -3.62. The van der Waals surface area contributed by atoms with E-state index in [1.165, 1.54) is 0 Å². The molecule has 0 saturated carbocycles. The number of benzene rings is 2. The normalized spacial score (nSPS) is 18.0. The van der Waals surface area contributed by atoms with Crippen LogP contribution in [0.3, 0.4) is 0 Å². The molecule has 1 heterocycles. The average Bonchev–Trinajstić information content (AvgIpc) is 3.47. The second-order valence-electron chi connectivity index (χ2n) is 14.5. The van der Waals surface area contributed by atoms with Crippen molar-refractivity contribution in [1.82, 2.24) is 4.90 Å². The maximum atomic E-state index is 13.2. The maximum Gasteiger partial charge on any atom is 0.313 e. The van der Waals surface area contributed by atoms with Crippen LogP contribution in [0.1, 0.15) is 102 Å². The standard InChI is InChI=1S/C41H61NO8/c1-41(23-24-42(2)32-41)40(47)50-31-35(27-36(38(43)44)21-13-3-5-15-25-48-29-33-17-9-7-10-18-33)28-37(39(45)46)22-14-4-6-16-26-49-30-34-19-11-8-12-20-34/h7-12,17-20,35-37H,3-6,13-16,21-32H2,1-2H3,(H,43,44)(H,45,46). The van der Waals surface area contributed by atoms with Gasteiger partial charge in [0, 0.05) is 19.8 Å². The summed E-state index contributed by atoms with van der Waals surface area (Å²) in [6, 6.07) is 20.1. The van der Waals surface area contributed by atoms with Gasteiger partial charge < -0.3 is 29.3 Å². The summed E-state index contributed by atoms with van der Waals surface area (Å²) in [5.41, 5.74) is 1.69. The van der Waals surface area contributed by atoms with Crippen LogP contribution in [0.15, 0.2) is 60.7 Å². The van der Waals surface area contributed by atoms with Gasteiger partial charge in [-0.15, -0.1) is 0 Å². The van der Waals surface area contributed by atoms with Gasteiger partial charge in [-0.3, -0.25) is 14.4 Å². The van der Waals surface area contributed by atoms with Crippen LogP contribution in [0.4, 0.5) is 0 Å². The molecule has 50 heavy (non-hydrogen) atoms. The fourth-order valence-corrected chi connectivity index (χ4v) is 6.87. The Morgan fingerprint density at radius 1 is 0.720 bits per heavy atom. The number of carboxylic acids is 2. The van der Waals surface area contributed by atoms with Crippen LogP contribution in [0.25, 0.3) is 0 Å². The number of ether oxygens (including phenoxy) is 3. The Balaban J connectivity index is 1.45. The van der Waals surface area contributed by atoms with Crippen LogP contribution >= 0.6 is 0 Å². The number of carbonyl (C=O) groups is 3. The molecule has 0 amide bonds. The summed E-state index contributed by atoms with van der Waals surface area (Å²) in [5, 5.41) is 20.3. The number of unbranched alkanes of at least 4 members (excludes halogenated alkanes) is 6. The third-order valence-corrected chi connectivity index (χ3v) is 9.95. The lowest BCUT2D eigenvalue weighted by Crippen LogP contribution is -2.34. The van der Waals surface area contributed by atoms with Gasteiger partial charge in [-0.25, -0.2) is 0 Å². The van der Waals surface area contributed by atoms with Gasteiger partial charge in [-0.2, -0.15) is 0 Å². The lowest BCUT2D eigenvalue weighted by Gasteiger charge is -2.27. The van der Waals surface area contributed by atoms with Gasteiger partial charge in [0.25, 0.3) is 0 Å². The van der Waals surface area contributed by atoms with Gasteiger partial charge in [-0.05, 0) is 82.5 Å². The first-order valence-corrected chi connectivity index (χ1v) is 18.7. The predicted octanol–water partition coefficient (Wildman–Crippen LogP) is 8.00. The minimum Gasteiger partial charge on any atom is -0.481 e. The van der Waals surface area contributed by atoms with Crippen molar-refractivity contribution in [1.29, 1.82) is 0 Å². The van der Waals surface area contributed by atoms with E-state index in [0.29, 0.717) is 65.1 Å². The number of esters is 1. The highest BCUT2D eigenvalue weighted by molar-refractivity contribution is 5.77. The molecule has 0 bridgehead atoms. The van der Waals surface area contributed by atoms with E-state index in [1.54, 1.807) is 0 Å². The van der Waals surface area contributed by atoms with E-state index in [0.717, 1.165) is 69.0 Å². The minimum absolute atomic E-state index is 0.0448. The largest absolute Gasteiger partial charge is 0.481 e. The van der Waals surface area contributed by atoms with Crippen molar-refractivity contribution in [3.8, 4) is 0 Å². The maximum absolute atomic E-state index is 13.2. The Kier molecular flexibility index (Phi) is 19.1. The summed E-state index contributed by atoms with van der Waals surface area (Å²) >= 11 is 0. The molecule has 1 aliphatic rings. The van der Waals surface area contributed by atoms with Crippen LogP contribution in [-0.2, 0) is 41.8 Å². The molecule has 1 fully saturated rings. The van der Waals surface area contributed by atoms with Crippen molar-refractivity contribution in [3.63, 3.8) is 0 Å². The first kappa shape index (κ1) is 41.2. The molecule has 0 aromatic heterocycles. The Morgan fingerprint density at radius 2 is 1.18 bits per heavy atom. The minimum atomic E-state index is -0.877. The van der Waals surface area contributed by atoms with E-state index < -0.39 is 29.2 Å². The molecule has 3 rings (SSSR count). The van der Waals surface area contributed by atoms with E-state index in [4.69, 9.17) is 14.2 Å². The SMILES string of the molecule is CN1CCC(C)(C(=O)OCC(CC(CCCCCCOCc2ccccc2)C(=O)O)CC(CCCCCCOCc2ccccc2)C(=O)O)C1. The lowest BCUT2D eigenvalue weighted by molar-refractivity contribution is -0.156. The zero-order chi connectivity index (χ0) is 36.0. The topological polar surface area (TPSA) is 123 Å². The number of aliphatic carboxylic acids is 2. The highest BCUT2D eigenvalue weighted by atomic mass is 16.5. The highest BCUT2D eigenvalue weighted by Gasteiger charge is 2.41. The fourth-order valence-electron chi connectivity index (χ4n) is 6.87. The van der Waals surface area contributed by atoms with Gasteiger partial charge in [0.1, 0.15) is 0 Å². The van der Waals surface area contributed by atoms with Crippen molar-refractivity contribution in [2.75, 3.05) is 40.0 Å². The van der Waals surface area contributed by atoms with Gasteiger partial charge in [0.2, 0.25) is 0 Å². The zero-order valence-electron chi connectivity index (χ0n) is 30.4. The van der Waals surface area contributed by atoms with Gasteiger partial charge in [-0.1, -0.05) is 99.2 Å². The summed E-state index contributed by atoms with van der Waals surface area (Å²) in [6.07, 6.45) is 9.39. The molecule has 9 nitrogen and oxygen atoms in total. The third kappa shape index (κ3) is 16.2. The molecular formula is C41H61NO8. The molecule has 9 heteroatoms. The monoisotopic (exact) mass is 695 g/mol. The number of likely N-dealkylation sites (tertiary alicyclic amines) is 1. The molecule has 0 radical (unpaired) electrons. The van der Waals surface area contributed by atoms with Crippen LogP contribution in [0.2, 0.25) is 0 Å². The molecule has 2 aromatic rings. The first-order chi connectivity index (χ1) is 24.2. The van der Waals surface area contributed by atoms with Gasteiger partial charge in [0.15, 0.2) is 0 Å². The van der Waals surface area contributed by atoms with Crippen molar-refractivity contribution < 1.29 is 38.8 Å². The molecule has 2 N–H and O–H groups in total. The fraction of sp³-hybridized carbons (Fsp3) is 0.634. The number of nitrogens with zero attached hydrogens (tertiary/aromatic N) is 1. The van der Waals surface area contributed by atoms with Gasteiger partial charge >= 0.3 is 17.9 Å². The molecule has 278 valence electrons. The Hall–Kier alpha value is -3.27. The van der Waals surface area contributed by atoms with E-state index in [2.05, 4.69) is 4.90 Å². The Morgan fingerprint density at radius 3 is 1.60 bits per heavy atom. The van der Waals surface area contributed by atoms with Crippen molar-refractivity contribution >= 4 is 17.9 Å². The Bertz CT molecular complexity index is 1170. The molecular weight excluding hydrogens is 634 g/mol. The van der Waals surface area contributed by atoms with E-state index >= 15 is 0 Å². The van der Waals surface area contributed by atoms with E-state index in [9.17, 15) is 24.6 Å². The third-order valence-electron chi connectivity index (χ3n) is 9.95. The zero-order valence-corrected chi connectivity index (χ0v) is 30.4.